The predicted molar refractivity (Wildman–Crippen MR) is 146 cm³/mol. The first kappa shape index (κ1) is 21.2. The first-order valence-corrected chi connectivity index (χ1v) is 12.4. The first-order chi connectivity index (χ1) is 18.3. The number of hydrogen-bond donors (Lipinski definition) is 0. The van der Waals surface area contributed by atoms with Crippen molar-refractivity contribution in [3.63, 3.8) is 0 Å². The molecule has 37 heavy (non-hydrogen) atoms. The Balaban J connectivity index is 1.53. The Kier molecular flexibility index (Phi) is 4.71. The normalized spacial score (nSPS) is 13.6. The molecule has 0 bridgehead atoms. The summed E-state index contributed by atoms with van der Waals surface area (Å²) >= 11 is 0. The Hall–Kier alpha value is -5.12. The Bertz CT molecular complexity index is 1660. The zero-order valence-electron chi connectivity index (χ0n) is 20.0. The first-order valence-electron chi connectivity index (χ1n) is 12.4. The number of nitrogens with zero attached hydrogens (tertiary/aromatic N) is 3. The molecule has 0 saturated heterocycles. The molecule has 0 aromatic heterocycles. The number of nitriles is 2. The van der Waals surface area contributed by atoms with Gasteiger partial charge in [0.15, 0.2) is 0 Å². The maximum absolute atomic E-state index is 9.74. The molecule has 1 heterocycles. The molecule has 0 spiro atoms. The molecular weight excluding hydrogens is 450 g/mol. The van der Waals surface area contributed by atoms with Gasteiger partial charge in [0.1, 0.15) is 0 Å². The number of anilines is 3. The van der Waals surface area contributed by atoms with Gasteiger partial charge in [-0.25, -0.2) is 0 Å². The van der Waals surface area contributed by atoms with Gasteiger partial charge in [0, 0.05) is 28.9 Å². The SMILES string of the molecule is N#Cc1ccc2c(c1)C(C1c3ccccc3N(c3ccccc3)c3ccccc31)c1cc(C#N)ccc1-2. The van der Waals surface area contributed by atoms with Gasteiger partial charge >= 0.3 is 0 Å². The molecule has 2 aliphatic rings. The van der Waals surface area contributed by atoms with Crippen molar-refractivity contribution in [2.75, 3.05) is 4.90 Å². The van der Waals surface area contributed by atoms with Gasteiger partial charge in [0.25, 0.3) is 0 Å². The Morgan fingerprint density at radius 3 is 1.46 bits per heavy atom. The summed E-state index contributed by atoms with van der Waals surface area (Å²) < 4.78 is 0. The molecular formula is C34H21N3. The third kappa shape index (κ3) is 3.12. The van der Waals surface area contributed by atoms with Crippen LogP contribution in [0.15, 0.2) is 115 Å². The van der Waals surface area contributed by atoms with Crippen molar-refractivity contribution in [1.29, 1.82) is 10.5 Å². The standard InChI is InChI=1S/C34H21N3/c35-20-22-14-16-25-26-17-15-23(21-36)19-30(26)34(29(25)18-22)33-27-10-4-6-12-31(27)37(24-8-2-1-3-9-24)32-13-7-5-11-28(32)33/h1-19,33-34H. The fourth-order valence-electron chi connectivity index (χ4n) is 6.22. The van der Waals surface area contributed by atoms with Gasteiger partial charge < -0.3 is 4.90 Å². The summed E-state index contributed by atoms with van der Waals surface area (Å²) in [5, 5.41) is 19.5. The quantitative estimate of drug-likeness (QED) is 0.261. The van der Waals surface area contributed by atoms with Crippen LogP contribution in [0.4, 0.5) is 17.1 Å². The number of rotatable bonds is 2. The number of benzene rings is 5. The average molecular weight is 472 g/mol. The largest absolute Gasteiger partial charge is 0.310 e. The zero-order valence-corrected chi connectivity index (χ0v) is 20.0. The minimum absolute atomic E-state index is 0.0215. The van der Waals surface area contributed by atoms with Crippen LogP contribution in [0.1, 0.15) is 45.2 Å². The van der Waals surface area contributed by atoms with Crippen LogP contribution in [0.5, 0.6) is 0 Å². The van der Waals surface area contributed by atoms with Crippen molar-refractivity contribution in [3.8, 4) is 23.3 Å². The zero-order chi connectivity index (χ0) is 24.9. The Labute approximate surface area is 216 Å². The van der Waals surface area contributed by atoms with Crippen LogP contribution in [0.3, 0.4) is 0 Å². The minimum Gasteiger partial charge on any atom is -0.310 e. The van der Waals surface area contributed by atoms with Gasteiger partial charge in [-0.3, -0.25) is 0 Å². The molecule has 0 N–H and O–H groups in total. The third-order valence-electron chi connectivity index (χ3n) is 7.69. The van der Waals surface area contributed by atoms with Gasteiger partial charge in [-0.05, 0) is 81.9 Å². The lowest BCUT2D eigenvalue weighted by Crippen LogP contribution is -2.25. The highest BCUT2D eigenvalue weighted by atomic mass is 15.2. The molecule has 5 aromatic rings. The maximum Gasteiger partial charge on any atom is 0.0991 e. The van der Waals surface area contributed by atoms with Crippen molar-refractivity contribution in [3.05, 3.63) is 149 Å². The van der Waals surface area contributed by atoms with Crippen LogP contribution in [0.25, 0.3) is 11.1 Å². The second-order valence-electron chi connectivity index (χ2n) is 9.57. The molecule has 0 unspecified atom stereocenters. The van der Waals surface area contributed by atoms with E-state index in [2.05, 4.69) is 102 Å². The molecule has 5 aromatic carbocycles. The van der Waals surface area contributed by atoms with Crippen molar-refractivity contribution >= 4 is 17.1 Å². The topological polar surface area (TPSA) is 50.8 Å². The summed E-state index contributed by atoms with van der Waals surface area (Å²) in [5.41, 5.74) is 11.8. The molecule has 172 valence electrons. The van der Waals surface area contributed by atoms with Gasteiger partial charge in [0.2, 0.25) is 0 Å². The summed E-state index contributed by atoms with van der Waals surface area (Å²) in [6.07, 6.45) is 0. The fraction of sp³-hybridized carbons (Fsp3) is 0.0588. The summed E-state index contributed by atoms with van der Waals surface area (Å²) in [7, 11) is 0. The van der Waals surface area contributed by atoms with Crippen LogP contribution in [-0.4, -0.2) is 0 Å². The number of para-hydroxylation sites is 3. The van der Waals surface area contributed by atoms with E-state index in [0.29, 0.717) is 11.1 Å². The van der Waals surface area contributed by atoms with E-state index in [1.807, 2.05) is 30.3 Å². The lowest BCUT2D eigenvalue weighted by Gasteiger charge is -2.40. The Morgan fingerprint density at radius 2 is 0.946 bits per heavy atom. The molecule has 7 rings (SSSR count). The van der Waals surface area contributed by atoms with Crippen LogP contribution in [0, 0.1) is 22.7 Å². The molecule has 0 saturated carbocycles. The maximum atomic E-state index is 9.74. The lowest BCUT2D eigenvalue weighted by molar-refractivity contribution is 0.699. The predicted octanol–water partition coefficient (Wildman–Crippen LogP) is 8.16. The Morgan fingerprint density at radius 1 is 0.486 bits per heavy atom. The van der Waals surface area contributed by atoms with Crippen LogP contribution < -0.4 is 4.90 Å². The van der Waals surface area contributed by atoms with E-state index in [1.165, 1.54) is 11.1 Å². The van der Waals surface area contributed by atoms with E-state index in [-0.39, 0.29) is 11.8 Å². The molecule has 0 amide bonds. The van der Waals surface area contributed by atoms with Gasteiger partial charge in [-0.1, -0.05) is 66.7 Å². The second kappa shape index (κ2) is 8.23. The van der Waals surface area contributed by atoms with E-state index < -0.39 is 0 Å². The molecule has 3 nitrogen and oxygen atoms in total. The van der Waals surface area contributed by atoms with E-state index >= 15 is 0 Å². The van der Waals surface area contributed by atoms with E-state index in [4.69, 9.17) is 0 Å². The molecule has 1 aliphatic carbocycles. The van der Waals surface area contributed by atoms with Crippen molar-refractivity contribution < 1.29 is 0 Å². The summed E-state index contributed by atoms with van der Waals surface area (Å²) in [5.74, 6) is 0.00192. The molecule has 1 aliphatic heterocycles. The summed E-state index contributed by atoms with van der Waals surface area (Å²) in [6.45, 7) is 0. The van der Waals surface area contributed by atoms with Crippen molar-refractivity contribution in [1.82, 2.24) is 0 Å². The highest BCUT2D eigenvalue weighted by Crippen LogP contribution is 2.59. The lowest BCUT2D eigenvalue weighted by atomic mass is 9.72. The molecule has 3 heteroatoms. The van der Waals surface area contributed by atoms with Crippen LogP contribution >= 0.6 is 0 Å². The molecule has 0 atom stereocenters. The van der Waals surface area contributed by atoms with E-state index in [9.17, 15) is 10.5 Å². The molecule has 0 fully saturated rings. The monoisotopic (exact) mass is 471 g/mol. The average Bonchev–Trinajstić information content (AvgIpc) is 3.28. The summed E-state index contributed by atoms with van der Waals surface area (Å²) in [4.78, 5) is 2.34. The van der Waals surface area contributed by atoms with Crippen molar-refractivity contribution in [2.45, 2.75) is 11.8 Å². The number of fused-ring (bicyclic) bond motifs is 5. The number of hydrogen-bond acceptors (Lipinski definition) is 3. The summed E-state index contributed by atoms with van der Waals surface area (Å²) in [6, 6.07) is 44.4. The van der Waals surface area contributed by atoms with Gasteiger partial charge in [0.05, 0.1) is 23.3 Å². The van der Waals surface area contributed by atoms with Crippen molar-refractivity contribution in [2.24, 2.45) is 0 Å². The highest BCUT2D eigenvalue weighted by molar-refractivity contribution is 5.88. The van der Waals surface area contributed by atoms with E-state index in [0.717, 1.165) is 39.3 Å². The molecule has 0 radical (unpaired) electrons. The van der Waals surface area contributed by atoms with Crippen LogP contribution in [0.2, 0.25) is 0 Å². The van der Waals surface area contributed by atoms with Gasteiger partial charge in [-0.2, -0.15) is 10.5 Å². The second-order valence-corrected chi connectivity index (χ2v) is 9.57. The van der Waals surface area contributed by atoms with E-state index in [1.54, 1.807) is 0 Å². The van der Waals surface area contributed by atoms with Gasteiger partial charge in [-0.15, -0.1) is 0 Å². The highest BCUT2D eigenvalue weighted by Gasteiger charge is 2.41. The van der Waals surface area contributed by atoms with Crippen LogP contribution in [-0.2, 0) is 0 Å². The fourth-order valence-corrected chi connectivity index (χ4v) is 6.22. The minimum atomic E-state index is -0.0215. The smallest absolute Gasteiger partial charge is 0.0991 e. The third-order valence-corrected chi connectivity index (χ3v) is 7.69.